The number of fused-ring (bicyclic) bond motifs is 2. The predicted octanol–water partition coefficient (Wildman–Crippen LogP) is 5.20. The Morgan fingerprint density at radius 2 is 1.85 bits per heavy atom. The van der Waals surface area contributed by atoms with E-state index in [9.17, 15) is 5.11 Å². The van der Waals surface area contributed by atoms with Gasteiger partial charge in [-0.2, -0.15) is 0 Å². The molecule has 4 heterocycles. The zero-order valence-corrected chi connectivity index (χ0v) is 23.6. The Labute approximate surface area is 236 Å². The lowest BCUT2D eigenvalue weighted by Crippen LogP contribution is -2.40. The summed E-state index contributed by atoms with van der Waals surface area (Å²) < 4.78 is 33.8. The third-order valence-corrected chi connectivity index (χ3v) is 6.83. The Balaban J connectivity index is 0.00000308. The van der Waals surface area contributed by atoms with Crippen LogP contribution in [0, 0.1) is 0 Å². The van der Waals surface area contributed by atoms with Crippen molar-refractivity contribution in [3.63, 3.8) is 0 Å². The van der Waals surface area contributed by atoms with E-state index in [1.165, 1.54) is 5.56 Å². The molecule has 11 heteroatoms. The van der Waals surface area contributed by atoms with Crippen molar-refractivity contribution in [3.8, 4) is 35.0 Å². The first kappa shape index (κ1) is 27.3. The molecular formula is C28H32BrN3O7. The summed E-state index contributed by atoms with van der Waals surface area (Å²) in [5.74, 6) is 3.40. The Kier molecular flexibility index (Phi) is 8.29. The lowest BCUT2D eigenvalue weighted by molar-refractivity contribution is 0.0599. The number of ether oxygens (including phenoxy) is 4. The van der Waals surface area contributed by atoms with Crippen LogP contribution in [-0.4, -0.2) is 65.4 Å². The number of hydrogen-bond acceptors (Lipinski definition) is 10. The Bertz CT molecular complexity index is 1400. The van der Waals surface area contributed by atoms with Crippen LogP contribution in [0.5, 0.6) is 23.3 Å². The van der Waals surface area contributed by atoms with E-state index in [4.69, 9.17) is 27.8 Å². The van der Waals surface area contributed by atoms with Crippen molar-refractivity contribution < 1.29 is 32.9 Å². The third kappa shape index (κ3) is 6.15. The molecule has 10 nitrogen and oxygen atoms in total. The van der Waals surface area contributed by atoms with Crippen molar-refractivity contribution >= 4 is 28.0 Å². The SMILES string of the molecule is Br.CC(C)Oc1nnc(-c2cc3c(OC[C@@H](O)CN4CCC(c5ccc6c(c5)OCO6)CC4)cccc3o2)o1. The van der Waals surface area contributed by atoms with Crippen LogP contribution in [0.3, 0.4) is 0 Å². The van der Waals surface area contributed by atoms with E-state index in [0.717, 1.165) is 42.8 Å². The second-order valence-corrected chi connectivity index (χ2v) is 9.97. The van der Waals surface area contributed by atoms with Crippen LogP contribution in [0.1, 0.15) is 38.2 Å². The fraction of sp³-hybridized carbons (Fsp3) is 0.429. The molecule has 39 heavy (non-hydrogen) atoms. The van der Waals surface area contributed by atoms with Crippen LogP contribution in [0.4, 0.5) is 0 Å². The number of rotatable bonds is 9. The number of hydrogen-bond donors (Lipinski definition) is 1. The minimum atomic E-state index is -0.620. The maximum absolute atomic E-state index is 10.7. The maximum Gasteiger partial charge on any atom is 0.415 e. The zero-order valence-electron chi connectivity index (χ0n) is 21.9. The molecule has 2 aliphatic rings. The van der Waals surface area contributed by atoms with E-state index >= 15 is 0 Å². The molecule has 0 bridgehead atoms. The molecule has 0 aliphatic carbocycles. The molecule has 0 radical (unpaired) electrons. The molecule has 0 spiro atoms. The minimum Gasteiger partial charge on any atom is -0.490 e. The smallest absolute Gasteiger partial charge is 0.415 e. The third-order valence-electron chi connectivity index (χ3n) is 6.83. The topological polar surface area (TPSA) is 112 Å². The first-order valence-corrected chi connectivity index (χ1v) is 13.0. The van der Waals surface area contributed by atoms with Gasteiger partial charge in [0, 0.05) is 12.6 Å². The highest BCUT2D eigenvalue weighted by Crippen LogP contribution is 2.38. The quantitative estimate of drug-likeness (QED) is 0.275. The number of aliphatic hydroxyl groups excluding tert-OH is 1. The van der Waals surface area contributed by atoms with Gasteiger partial charge >= 0.3 is 6.08 Å². The van der Waals surface area contributed by atoms with Gasteiger partial charge in [-0.3, -0.25) is 0 Å². The fourth-order valence-electron chi connectivity index (χ4n) is 4.98. The summed E-state index contributed by atoms with van der Waals surface area (Å²) in [4.78, 5) is 2.29. The van der Waals surface area contributed by atoms with Gasteiger partial charge in [-0.25, -0.2) is 0 Å². The molecule has 4 aromatic rings. The van der Waals surface area contributed by atoms with Gasteiger partial charge < -0.3 is 37.8 Å². The normalized spacial score (nSPS) is 16.4. The molecule has 1 N–H and O–H groups in total. The molecule has 0 saturated carbocycles. The van der Waals surface area contributed by atoms with E-state index in [0.29, 0.717) is 36.3 Å². The maximum atomic E-state index is 10.7. The molecule has 0 unspecified atom stereocenters. The molecule has 1 fully saturated rings. The molecule has 208 valence electrons. The standard InChI is InChI=1S/C28H31N3O7.BrH/c1-17(2)36-28-30-29-27(38-28)26-13-21-22(4-3-5-23(21)37-26)33-15-20(32)14-31-10-8-18(9-11-31)19-6-7-24-25(12-19)35-16-34-24;/h3-7,12-13,17-18,20,32H,8-11,14-16H2,1-2H3;1H/t20-;/m0./s1. The van der Waals surface area contributed by atoms with Gasteiger partial charge in [0.2, 0.25) is 6.79 Å². The highest BCUT2D eigenvalue weighted by Gasteiger charge is 2.25. The van der Waals surface area contributed by atoms with Gasteiger partial charge in [-0.15, -0.1) is 22.1 Å². The van der Waals surface area contributed by atoms with Crippen molar-refractivity contribution in [2.45, 2.75) is 44.8 Å². The highest BCUT2D eigenvalue weighted by molar-refractivity contribution is 8.93. The van der Waals surface area contributed by atoms with Gasteiger partial charge in [-0.05, 0) is 75.5 Å². The number of aromatic nitrogens is 2. The average molecular weight is 602 g/mol. The van der Waals surface area contributed by atoms with E-state index < -0.39 is 6.10 Å². The second kappa shape index (κ2) is 11.8. The average Bonchev–Trinajstić information content (AvgIpc) is 3.66. The number of β-amino-alcohol motifs (C(OH)–C–C–N with tert-alkyl or cyclic N) is 1. The summed E-state index contributed by atoms with van der Waals surface area (Å²) >= 11 is 0. The lowest BCUT2D eigenvalue weighted by atomic mass is 9.89. The molecule has 1 atom stereocenters. The summed E-state index contributed by atoms with van der Waals surface area (Å²) in [5.41, 5.74) is 1.91. The molecule has 6 rings (SSSR count). The summed E-state index contributed by atoms with van der Waals surface area (Å²) in [5, 5.41) is 19.4. The van der Waals surface area contributed by atoms with Gasteiger partial charge in [-0.1, -0.05) is 17.2 Å². The monoisotopic (exact) mass is 601 g/mol. The van der Waals surface area contributed by atoms with Crippen LogP contribution in [0.2, 0.25) is 0 Å². The van der Waals surface area contributed by atoms with Gasteiger partial charge in [0.25, 0.3) is 5.89 Å². The summed E-state index contributed by atoms with van der Waals surface area (Å²) in [6.45, 7) is 6.63. The van der Waals surface area contributed by atoms with Crippen LogP contribution in [-0.2, 0) is 0 Å². The molecule has 2 aromatic carbocycles. The zero-order chi connectivity index (χ0) is 26.1. The summed E-state index contributed by atoms with van der Waals surface area (Å²) in [6, 6.07) is 13.6. The Morgan fingerprint density at radius 3 is 2.67 bits per heavy atom. The van der Waals surface area contributed by atoms with Crippen molar-refractivity contribution in [3.05, 3.63) is 48.0 Å². The van der Waals surface area contributed by atoms with Crippen LogP contribution in [0.25, 0.3) is 22.6 Å². The Morgan fingerprint density at radius 1 is 1.03 bits per heavy atom. The van der Waals surface area contributed by atoms with Gasteiger partial charge in [0.15, 0.2) is 17.3 Å². The van der Waals surface area contributed by atoms with Gasteiger partial charge in [0.1, 0.15) is 24.0 Å². The minimum absolute atomic E-state index is 0. The number of furan rings is 1. The van der Waals surface area contributed by atoms with Crippen LogP contribution in [0.15, 0.2) is 51.3 Å². The Hall–Kier alpha value is -3.28. The first-order valence-electron chi connectivity index (χ1n) is 13.0. The molecular weight excluding hydrogens is 570 g/mol. The number of nitrogens with zero attached hydrogens (tertiary/aromatic N) is 3. The summed E-state index contributed by atoms with van der Waals surface area (Å²) in [7, 11) is 0. The van der Waals surface area contributed by atoms with E-state index in [1.807, 2.05) is 38.1 Å². The van der Waals surface area contributed by atoms with Crippen molar-refractivity contribution in [1.82, 2.24) is 15.1 Å². The van der Waals surface area contributed by atoms with Crippen molar-refractivity contribution in [2.24, 2.45) is 0 Å². The largest absolute Gasteiger partial charge is 0.490 e. The number of piperidine rings is 1. The fourth-order valence-corrected chi connectivity index (χ4v) is 4.98. The molecule has 2 aliphatic heterocycles. The van der Waals surface area contributed by atoms with Crippen molar-refractivity contribution in [1.29, 1.82) is 0 Å². The number of halogens is 1. The van der Waals surface area contributed by atoms with E-state index in [2.05, 4.69) is 27.2 Å². The van der Waals surface area contributed by atoms with E-state index in [-0.39, 0.29) is 41.7 Å². The summed E-state index contributed by atoms with van der Waals surface area (Å²) in [6.07, 6.45) is 1.46. The van der Waals surface area contributed by atoms with Crippen molar-refractivity contribution in [2.75, 3.05) is 33.0 Å². The lowest BCUT2D eigenvalue weighted by Gasteiger charge is -2.33. The number of aliphatic hydroxyl groups is 1. The second-order valence-electron chi connectivity index (χ2n) is 9.97. The van der Waals surface area contributed by atoms with Gasteiger partial charge in [0.05, 0.1) is 11.5 Å². The molecule has 0 amide bonds. The van der Waals surface area contributed by atoms with Crippen LogP contribution >= 0.6 is 17.0 Å². The first-order chi connectivity index (χ1) is 18.5. The predicted molar refractivity (Wildman–Crippen MR) is 148 cm³/mol. The number of benzene rings is 2. The van der Waals surface area contributed by atoms with Crippen LogP contribution < -0.4 is 18.9 Å². The van der Waals surface area contributed by atoms with E-state index in [1.54, 1.807) is 6.07 Å². The molecule has 2 aromatic heterocycles. The number of likely N-dealkylation sites (tertiary alicyclic amines) is 1. The molecule has 1 saturated heterocycles. The highest BCUT2D eigenvalue weighted by atomic mass is 79.9.